The van der Waals surface area contributed by atoms with Crippen LogP contribution in [0.3, 0.4) is 0 Å². The van der Waals surface area contributed by atoms with Crippen LogP contribution in [0.15, 0.2) is 9.42 Å². The number of urea groups is 1. The number of aryl methyl sites for hydroxylation is 2. The molecule has 33 heavy (non-hydrogen) atoms. The molecule has 182 valence electrons. The molecule has 0 atom stereocenters. The van der Waals surface area contributed by atoms with E-state index in [1.165, 1.54) is 4.31 Å². The summed E-state index contributed by atoms with van der Waals surface area (Å²) in [5.74, 6) is -0.165. The summed E-state index contributed by atoms with van der Waals surface area (Å²) in [7, 11) is -3.74. The zero-order chi connectivity index (χ0) is 24.0. The first-order chi connectivity index (χ1) is 15.5. The third kappa shape index (κ3) is 4.36. The summed E-state index contributed by atoms with van der Waals surface area (Å²) >= 11 is 0. The molecule has 0 bridgehead atoms. The first kappa shape index (κ1) is 23.6. The Balaban J connectivity index is 1.31. The minimum absolute atomic E-state index is 0.0553. The van der Waals surface area contributed by atoms with Crippen LogP contribution in [0.1, 0.15) is 44.1 Å². The number of nitrogens with zero attached hydrogens (tertiary/aromatic N) is 4. The molecule has 2 saturated heterocycles. The second-order valence-corrected chi connectivity index (χ2v) is 11.1. The molecule has 0 unspecified atom stereocenters. The van der Waals surface area contributed by atoms with Gasteiger partial charge in [-0.2, -0.15) is 9.31 Å². The van der Waals surface area contributed by atoms with Gasteiger partial charge >= 0.3 is 6.03 Å². The van der Waals surface area contributed by atoms with Gasteiger partial charge in [0, 0.05) is 26.2 Å². The Morgan fingerprint density at radius 1 is 1.18 bits per heavy atom. The van der Waals surface area contributed by atoms with E-state index in [4.69, 9.17) is 4.52 Å². The maximum absolute atomic E-state index is 12.9. The van der Waals surface area contributed by atoms with Gasteiger partial charge in [-0.25, -0.2) is 13.2 Å². The van der Waals surface area contributed by atoms with Crippen LogP contribution in [0.2, 0.25) is 0 Å². The predicted molar refractivity (Wildman–Crippen MR) is 115 cm³/mol. The van der Waals surface area contributed by atoms with E-state index >= 15 is 0 Å². The quantitative estimate of drug-likeness (QED) is 0.563. The standard InChI is InChI=1S/C20H30N6O6S/c1-13-4-6-20(7-5-13)18(28)26(19(29)21-20)22-16(27)12-24-8-10-25(11-9-24)33(30,31)17-14(2)23-32-15(17)3/h13H,4-12H2,1-3H3,(H,21,29)(H,22,27). The highest BCUT2D eigenvalue weighted by molar-refractivity contribution is 7.89. The first-order valence-electron chi connectivity index (χ1n) is 11.1. The van der Waals surface area contributed by atoms with Gasteiger partial charge in [-0.15, -0.1) is 0 Å². The second kappa shape index (κ2) is 8.69. The Bertz CT molecular complexity index is 1030. The van der Waals surface area contributed by atoms with Crippen molar-refractivity contribution < 1.29 is 27.3 Å². The molecule has 12 nitrogen and oxygen atoms in total. The smallest absolute Gasteiger partial charge is 0.344 e. The van der Waals surface area contributed by atoms with Gasteiger partial charge in [0.25, 0.3) is 11.8 Å². The van der Waals surface area contributed by atoms with E-state index < -0.39 is 33.4 Å². The van der Waals surface area contributed by atoms with Crippen molar-refractivity contribution >= 4 is 27.9 Å². The van der Waals surface area contributed by atoms with E-state index in [0.717, 1.165) is 17.9 Å². The van der Waals surface area contributed by atoms with Crippen LogP contribution in [-0.2, 0) is 19.6 Å². The normalized spacial score (nSPS) is 27.2. The van der Waals surface area contributed by atoms with Gasteiger partial charge < -0.3 is 9.84 Å². The fourth-order valence-corrected chi connectivity index (χ4v) is 6.49. The summed E-state index contributed by atoms with van der Waals surface area (Å²) in [5, 5.41) is 7.27. The van der Waals surface area contributed by atoms with E-state index in [1.54, 1.807) is 18.7 Å². The molecule has 4 amide bonds. The molecule has 1 spiro atoms. The van der Waals surface area contributed by atoms with Crippen LogP contribution in [0.5, 0.6) is 0 Å². The zero-order valence-electron chi connectivity index (χ0n) is 19.1. The van der Waals surface area contributed by atoms with Gasteiger partial charge in [-0.3, -0.25) is 19.9 Å². The van der Waals surface area contributed by atoms with Gasteiger partial charge in [-0.05, 0) is 45.4 Å². The number of imide groups is 1. The average molecular weight is 483 g/mol. The Morgan fingerprint density at radius 3 is 2.39 bits per heavy atom. The fourth-order valence-electron chi connectivity index (χ4n) is 4.78. The number of aromatic nitrogens is 1. The van der Waals surface area contributed by atoms with Gasteiger partial charge in [0.15, 0.2) is 5.76 Å². The number of hydrogen-bond donors (Lipinski definition) is 2. The lowest BCUT2D eigenvalue weighted by atomic mass is 9.77. The van der Waals surface area contributed by atoms with Gasteiger partial charge in [-0.1, -0.05) is 12.1 Å². The molecule has 2 aliphatic heterocycles. The number of rotatable bonds is 5. The molecule has 2 N–H and O–H groups in total. The van der Waals surface area contributed by atoms with E-state index in [-0.39, 0.29) is 30.3 Å². The molecule has 3 heterocycles. The molecule has 0 aromatic carbocycles. The molecular formula is C20H30N6O6S. The van der Waals surface area contributed by atoms with Gasteiger partial charge in [0.1, 0.15) is 16.1 Å². The average Bonchev–Trinajstić information content (AvgIpc) is 3.22. The highest BCUT2D eigenvalue weighted by atomic mass is 32.2. The number of piperazine rings is 1. The maximum atomic E-state index is 12.9. The van der Waals surface area contributed by atoms with Crippen molar-refractivity contribution in [3.05, 3.63) is 11.5 Å². The summed E-state index contributed by atoms with van der Waals surface area (Å²) in [6.07, 6.45) is 2.81. The number of sulfonamides is 1. The van der Waals surface area contributed by atoms with Crippen molar-refractivity contribution in [1.82, 2.24) is 30.1 Å². The van der Waals surface area contributed by atoms with Crippen molar-refractivity contribution in [3.8, 4) is 0 Å². The van der Waals surface area contributed by atoms with E-state index in [1.807, 2.05) is 0 Å². The molecule has 13 heteroatoms. The molecule has 1 aromatic heterocycles. The zero-order valence-corrected chi connectivity index (χ0v) is 19.9. The number of hydrogen-bond acceptors (Lipinski definition) is 8. The van der Waals surface area contributed by atoms with Crippen LogP contribution >= 0.6 is 0 Å². The van der Waals surface area contributed by atoms with Crippen LogP contribution in [-0.4, -0.2) is 83.9 Å². The van der Waals surface area contributed by atoms with Gasteiger partial charge in [0.2, 0.25) is 10.0 Å². The summed E-state index contributed by atoms with van der Waals surface area (Å²) < 4.78 is 32.2. The largest absolute Gasteiger partial charge is 0.360 e. The Morgan fingerprint density at radius 2 is 1.82 bits per heavy atom. The predicted octanol–water partition coefficient (Wildman–Crippen LogP) is 0.130. The van der Waals surface area contributed by atoms with Crippen molar-refractivity contribution in [2.45, 2.75) is 56.9 Å². The molecule has 1 aliphatic carbocycles. The molecule has 0 radical (unpaired) electrons. The van der Waals surface area contributed by atoms with Crippen molar-refractivity contribution in [2.24, 2.45) is 5.92 Å². The van der Waals surface area contributed by atoms with Crippen molar-refractivity contribution in [2.75, 3.05) is 32.7 Å². The monoisotopic (exact) mass is 482 g/mol. The lowest BCUT2D eigenvalue weighted by Gasteiger charge is -2.34. The second-order valence-electron chi connectivity index (χ2n) is 9.20. The van der Waals surface area contributed by atoms with Crippen LogP contribution in [0.4, 0.5) is 4.79 Å². The Kier molecular flexibility index (Phi) is 6.22. The summed E-state index contributed by atoms with van der Waals surface area (Å²) in [6, 6.07) is -0.613. The van der Waals surface area contributed by atoms with E-state index in [0.29, 0.717) is 37.5 Å². The molecule has 1 saturated carbocycles. The third-order valence-corrected chi connectivity index (χ3v) is 8.93. The number of amides is 4. The Hall–Kier alpha value is -2.51. The first-order valence-corrected chi connectivity index (χ1v) is 12.6. The van der Waals surface area contributed by atoms with Crippen LogP contribution < -0.4 is 10.7 Å². The highest BCUT2D eigenvalue weighted by Gasteiger charge is 2.53. The number of hydrazine groups is 1. The highest BCUT2D eigenvalue weighted by Crippen LogP contribution is 2.35. The topological polar surface area (TPSA) is 145 Å². The number of carbonyl (C=O) groups excluding carboxylic acids is 3. The molecular weight excluding hydrogens is 452 g/mol. The van der Waals surface area contributed by atoms with Crippen LogP contribution in [0, 0.1) is 19.8 Å². The van der Waals surface area contributed by atoms with Crippen molar-refractivity contribution in [1.29, 1.82) is 0 Å². The molecule has 3 aliphatic rings. The number of carbonyl (C=O) groups is 3. The lowest BCUT2D eigenvalue weighted by Crippen LogP contribution is -2.55. The fraction of sp³-hybridized carbons (Fsp3) is 0.700. The SMILES string of the molecule is Cc1noc(C)c1S(=O)(=O)N1CCN(CC(=O)NN2C(=O)NC3(CCC(C)CC3)C2=O)CC1. The summed E-state index contributed by atoms with van der Waals surface area (Å²) in [4.78, 5) is 39.7. The lowest BCUT2D eigenvalue weighted by molar-refractivity contribution is -0.140. The summed E-state index contributed by atoms with van der Waals surface area (Å²) in [6.45, 7) is 6.26. The molecule has 4 rings (SSSR count). The summed E-state index contributed by atoms with van der Waals surface area (Å²) in [5.41, 5.74) is 1.82. The van der Waals surface area contributed by atoms with Crippen molar-refractivity contribution in [3.63, 3.8) is 0 Å². The Labute approximate surface area is 192 Å². The van der Waals surface area contributed by atoms with E-state index in [2.05, 4.69) is 22.8 Å². The number of nitrogens with one attached hydrogen (secondary N) is 2. The minimum atomic E-state index is -3.74. The molecule has 3 fully saturated rings. The molecule has 1 aromatic rings. The third-order valence-electron chi connectivity index (χ3n) is 6.79. The van der Waals surface area contributed by atoms with E-state index in [9.17, 15) is 22.8 Å². The van der Waals surface area contributed by atoms with Crippen LogP contribution in [0.25, 0.3) is 0 Å². The van der Waals surface area contributed by atoms with Gasteiger partial charge in [0.05, 0.1) is 6.54 Å². The minimum Gasteiger partial charge on any atom is -0.360 e. The maximum Gasteiger partial charge on any atom is 0.344 e.